The molecule has 2 aliphatic rings. The van der Waals surface area contributed by atoms with Gasteiger partial charge in [0, 0.05) is 37.5 Å². The van der Waals surface area contributed by atoms with Crippen molar-refractivity contribution >= 4 is 15.8 Å². The molecule has 1 N–H and O–H groups in total. The Kier molecular flexibility index (Phi) is 7.81. The van der Waals surface area contributed by atoms with Crippen LogP contribution in [0.15, 0.2) is 102 Å². The summed E-state index contributed by atoms with van der Waals surface area (Å²) < 4.78 is 45.9. The van der Waals surface area contributed by atoms with Gasteiger partial charge in [0.2, 0.25) is 0 Å². The minimum absolute atomic E-state index is 0.0427. The van der Waals surface area contributed by atoms with E-state index in [1.807, 2.05) is 19.1 Å². The predicted molar refractivity (Wildman–Crippen MR) is 163 cm³/mol. The average Bonchev–Trinajstić information content (AvgIpc) is 3.01. The monoisotopic (exact) mass is 585 g/mol. The highest BCUT2D eigenvalue weighted by molar-refractivity contribution is 7.86. The second kappa shape index (κ2) is 11.5. The zero-order valence-electron chi connectivity index (χ0n) is 23.7. The molecule has 4 aromatic carbocycles. The van der Waals surface area contributed by atoms with Crippen LogP contribution in [0.2, 0.25) is 0 Å². The maximum Gasteiger partial charge on any atom is 0.297 e. The first-order valence-electron chi connectivity index (χ1n) is 14.6. The second-order valence-electron chi connectivity index (χ2n) is 11.7. The Morgan fingerprint density at radius 1 is 0.905 bits per heavy atom. The lowest BCUT2D eigenvalue weighted by Gasteiger charge is -2.38. The van der Waals surface area contributed by atoms with E-state index in [2.05, 4.69) is 59.5 Å². The van der Waals surface area contributed by atoms with Crippen molar-refractivity contribution in [2.75, 3.05) is 24.6 Å². The summed E-state index contributed by atoms with van der Waals surface area (Å²) >= 11 is 0. The number of fused-ring (bicyclic) bond motifs is 1. The van der Waals surface area contributed by atoms with Crippen LogP contribution in [0.3, 0.4) is 0 Å². The quantitative estimate of drug-likeness (QED) is 0.231. The summed E-state index contributed by atoms with van der Waals surface area (Å²) in [4.78, 5) is 2.19. The molecule has 2 atom stereocenters. The highest BCUT2D eigenvalue weighted by Gasteiger charge is 2.37. The number of benzene rings is 4. The summed E-state index contributed by atoms with van der Waals surface area (Å²) in [7, 11) is -4.01. The van der Waals surface area contributed by atoms with E-state index in [0.717, 1.165) is 24.1 Å². The van der Waals surface area contributed by atoms with E-state index in [4.69, 9.17) is 4.18 Å². The van der Waals surface area contributed by atoms with Crippen LogP contribution in [-0.2, 0) is 20.7 Å². The van der Waals surface area contributed by atoms with Crippen LogP contribution < -0.4 is 4.90 Å². The number of hydrogen-bond acceptors (Lipinski definition) is 5. The van der Waals surface area contributed by atoms with Crippen LogP contribution in [0.1, 0.15) is 58.9 Å². The van der Waals surface area contributed by atoms with Crippen LogP contribution >= 0.6 is 0 Å². The molecule has 218 valence electrons. The van der Waals surface area contributed by atoms with Gasteiger partial charge in [-0.15, -0.1) is 0 Å². The summed E-state index contributed by atoms with van der Waals surface area (Å²) in [6.07, 6.45) is 2.30. The predicted octanol–water partition coefficient (Wildman–Crippen LogP) is 7.28. The van der Waals surface area contributed by atoms with E-state index in [9.17, 15) is 13.5 Å². The molecule has 0 amide bonds. The molecule has 1 saturated heterocycles. The smallest absolute Gasteiger partial charge is 0.297 e. The van der Waals surface area contributed by atoms with E-state index in [1.54, 1.807) is 18.2 Å². The average molecular weight is 586 g/mol. The Morgan fingerprint density at radius 3 is 2.29 bits per heavy atom. The number of aryl methyl sites for hydroxylation is 2. The number of phenols is 1. The van der Waals surface area contributed by atoms with Crippen LogP contribution in [0.25, 0.3) is 0 Å². The number of hydrogen-bond donors (Lipinski definition) is 1. The van der Waals surface area contributed by atoms with Gasteiger partial charge in [0.05, 0.1) is 4.90 Å². The Labute approximate surface area is 247 Å². The summed E-state index contributed by atoms with van der Waals surface area (Å²) in [5.41, 5.74) is 5.23. The summed E-state index contributed by atoms with van der Waals surface area (Å²) in [6.45, 7) is 2.34. The van der Waals surface area contributed by atoms with Crippen molar-refractivity contribution < 1.29 is 22.1 Å². The van der Waals surface area contributed by atoms with Crippen LogP contribution in [0.5, 0.6) is 5.75 Å². The molecular formula is C35H36FNO4S. The first-order valence-corrected chi connectivity index (χ1v) is 16.0. The Bertz CT molecular complexity index is 1630. The highest BCUT2D eigenvalue weighted by Crippen LogP contribution is 2.47. The minimum Gasteiger partial charge on any atom is -0.508 e. The Balaban J connectivity index is 1.15. The SMILES string of the molecule is Cc1ccc(S(=O)(=O)OCC2(F)CCN(c3ccc([C@@H]4c5ccc(O)cc5CC[C@@H]4c4ccccc4)cc3)CC2)cc1. The third-order valence-corrected chi connectivity index (χ3v) is 10.2. The van der Waals surface area contributed by atoms with E-state index in [-0.39, 0.29) is 23.7 Å². The number of alkyl halides is 1. The van der Waals surface area contributed by atoms with Crippen molar-refractivity contribution in [1.82, 2.24) is 0 Å². The van der Waals surface area contributed by atoms with Crippen molar-refractivity contribution in [2.24, 2.45) is 0 Å². The molecule has 0 aromatic heterocycles. The van der Waals surface area contributed by atoms with Crippen LogP contribution in [0, 0.1) is 6.92 Å². The number of halogens is 1. The van der Waals surface area contributed by atoms with Crippen molar-refractivity contribution in [3.05, 3.63) is 125 Å². The molecule has 4 aromatic rings. The fourth-order valence-corrected chi connectivity index (χ4v) is 7.41. The molecule has 0 unspecified atom stereocenters. The van der Waals surface area contributed by atoms with E-state index in [0.29, 0.717) is 24.8 Å². The Hall–Kier alpha value is -3.68. The van der Waals surface area contributed by atoms with Crippen LogP contribution in [-0.4, -0.2) is 38.9 Å². The highest BCUT2D eigenvalue weighted by atomic mass is 32.2. The maximum absolute atomic E-state index is 15.6. The van der Waals surface area contributed by atoms with Gasteiger partial charge in [-0.25, -0.2) is 4.39 Å². The molecule has 0 saturated carbocycles. The molecule has 0 spiro atoms. The van der Waals surface area contributed by atoms with Gasteiger partial charge < -0.3 is 10.0 Å². The molecule has 0 bridgehead atoms. The molecule has 1 fully saturated rings. The van der Waals surface area contributed by atoms with Gasteiger partial charge in [-0.2, -0.15) is 8.42 Å². The van der Waals surface area contributed by atoms with Gasteiger partial charge in [-0.05, 0) is 84.3 Å². The zero-order valence-corrected chi connectivity index (χ0v) is 24.6. The molecule has 1 heterocycles. The molecule has 1 aliphatic carbocycles. The van der Waals surface area contributed by atoms with Crippen molar-refractivity contribution in [3.63, 3.8) is 0 Å². The Morgan fingerprint density at radius 2 is 1.60 bits per heavy atom. The zero-order chi connectivity index (χ0) is 29.3. The number of phenolic OH excluding ortho intramolecular Hbond substituents is 1. The van der Waals surface area contributed by atoms with Gasteiger partial charge in [-0.3, -0.25) is 4.18 Å². The number of nitrogens with zero attached hydrogens (tertiary/aromatic N) is 1. The van der Waals surface area contributed by atoms with Gasteiger partial charge in [0.15, 0.2) is 0 Å². The minimum atomic E-state index is -4.01. The number of piperidine rings is 1. The largest absolute Gasteiger partial charge is 0.508 e. The molecule has 7 heteroatoms. The lowest BCUT2D eigenvalue weighted by Crippen LogP contribution is -2.44. The van der Waals surface area contributed by atoms with Gasteiger partial charge in [0.25, 0.3) is 10.1 Å². The molecule has 1 aliphatic heterocycles. The fraction of sp³-hybridized carbons (Fsp3) is 0.314. The number of anilines is 1. The van der Waals surface area contributed by atoms with E-state index in [1.165, 1.54) is 34.4 Å². The van der Waals surface area contributed by atoms with Gasteiger partial charge in [-0.1, -0.05) is 66.2 Å². The lowest BCUT2D eigenvalue weighted by atomic mass is 9.69. The molecule has 0 radical (unpaired) electrons. The summed E-state index contributed by atoms with van der Waals surface area (Å²) in [5, 5.41) is 10.1. The molecular weight excluding hydrogens is 549 g/mol. The third-order valence-electron chi connectivity index (χ3n) is 8.88. The van der Waals surface area contributed by atoms with Gasteiger partial charge >= 0.3 is 0 Å². The number of rotatable bonds is 7. The van der Waals surface area contributed by atoms with E-state index >= 15 is 4.39 Å². The van der Waals surface area contributed by atoms with Gasteiger partial charge in [0.1, 0.15) is 18.0 Å². The fourth-order valence-electron chi connectivity index (χ4n) is 6.44. The number of aromatic hydroxyl groups is 1. The third kappa shape index (κ3) is 5.94. The lowest BCUT2D eigenvalue weighted by molar-refractivity contribution is 0.0628. The first kappa shape index (κ1) is 28.4. The van der Waals surface area contributed by atoms with Crippen molar-refractivity contribution in [3.8, 4) is 5.75 Å². The standard InChI is InChI=1S/C35H36FNO4S/c1-25-7-15-31(16-8-25)42(39,40)41-24-35(36)19-21-37(22-20-35)29-12-9-27(10-13-29)34-32(26-5-3-2-4-6-26)17-11-28-23-30(38)14-18-33(28)34/h2-10,12-16,18,23,32,34,38H,11,17,19-22,24H2,1H3/t32-,34+/m1/s1. The first-order chi connectivity index (χ1) is 20.2. The molecule has 42 heavy (non-hydrogen) atoms. The van der Waals surface area contributed by atoms with Crippen molar-refractivity contribution in [2.45, 2.75) is 55.0 Å². The maximum atomic E-state index is 15.6. The molecule has 6 rings (SSSR count). The van der Waals surface area contributed by atoms with Crippen LogP contribution in [0.4, 0.5) is 10.1 Å². The topological polar surface area (TPSA) is 66.8 Å². The van der Waals surface area contributed by atoms with Crippen molar-refractivity contribution in [1.29, 1.82) is 0 Å². The summed E-state index contributed by atoms with van der Waals surface area (Å²) in [6, 6.07) is 31.3. The van der Waals surface area contributed by atoms with E-state index < -0.39 is 22.4 Å². The second-order valence-corrected chi connectivity index (χ2v) is 13.3. The summed E-state index contributed by atoms with van der Waals surface area (Å²) in [5.74, 6) is 0.791. The molecule has 5 nitrogen and oxygen atoms in total. The normalized spacial score (nSPS) is 20.2.